The lowest BCUT2D eigenvalue weighted by molar-refractivity contribution is -0.130. The molecule has 2 unspecified atom stereocenters. The molecule has 19 heavy (non-hydrogen) atoms. The van der Waals surface area contributed by atoms with E-state index in [0.29, 0.717) is 18.1 Å². The zero-order chi connectivity index (χ0) is 13.8. The Bertz CT molecular complexity index is 487. The molecule has 0 aliphatic carbocycles. The third-order valence-electron chi connectivity index (χ3n) is 3.50. The van der Waals surface area contributed by atoms with Crippen LogP contribution in [0, 0.1) is 5.92 Å². The second kappa shape index (κ2) is 6.22. The van der Waals surface area contributed by atoms with E-state index in [1.54, 1.807) is 23.1 Å². The average Bonchev–Trinajstić information content (AvgIpc) is 2.39. The zero-order valence-electron chi connectivity index (χ0n) is 10.9. The van der Waals surface area contributed by atoms with Gasteiger partial charge in [-0.3, -0.25) is 4.79 Å². The van der Waals surface area contributed by atoms with Gasteiger partial charge in [0.05, 0.1) is 6.10 Å². The first kappa shape index (κ1) is 14.1. The number of carbonyl (C=O) groups is 1. The summed E-state index contributed by atoms with van der Waals surface area (Å²) in [4.78, 5) is 13.7. The highest BCUT2D eigenvalue weighted by Crippen LogP contribution is 2.17. The first-order chi connectivity index (χ1) is 9.06. The highest BCUT2D eigenvalue weighted by Gasteiger charge is 2.25. The summed E-state index contributed by atoms with van der Waals surface area (Å²) in [6.45, 7) is 3.13. The molecule has 1 aromatic rings. The van der Waals surface area contributed by atoms with Crippen molar-refractivity contribution in [1.82, 2.24) is 4.90 Å². The van der Waals surface area contributed by atoms with Gasteiger partial charge >= 0.3 is 0 Å². The maximum atomic E-state index is 12.0. The van der Waals surface area contributed by atoms with E-state index >= 15 is 0 Å². The van der Waals surface area contributed by atoms with E-state index in [2.05, 4.69) is 0 Å². The summed E-state index contributed by atoms with van der Waals surface area (Å²) in [6.07, 6.45) is 3.71. The Balaban J connectivity index is 1.97. The topological polar surface area (TPSA) is 40.5 Å². The SMILES string of the molecule is CC1CCN(C(=O)/C=C/c2cccc(Cl)c2)CC1O. The number of hydrogen-bond donors (Lipinski definition) is 1. The largest absolute Gasteiger partial charge is 0.391 e. The van der Waals surface area contributed by atoms with Crippen molar-refractivity contribution in [3.8, 4) is 0 Å². The van der Waals surface area contributed by atoms with Crippen LogP contribution in [-0.4, -0.2) is 35.1 Å². The van der Waals surface area contributed by atoms with Gasteiger partial charge in [0, 0.05) is 24.2 Å². The van der Waals surface area contributed by atoms with Crippen molar-refractivity contribution in [3.05, 3.63) is 40.9 Å². The average molecular weight is 280 g/mol. The number of nitrogens with zero attached hydrogens (tertiary/aromatic N) is 1. The molecule has 1 aliphatic rings. The number of aliphatic hydroxyl groups excluding tert-OH is 1. The van der Waals surface area contributed by atoms with Crippen molar-refractivity contribution in [3.63, 3.8) is 0 Å². The van der Waals surface area contributed by atoms with Crippen molar-refractivity contribution in [2.75, 3.05) is 13.1 Å². The lowest BCUT2D eigenvalue weighted by Gasteiger charge is -2.33. The third-order valence-corrected chi connectivity index (χ3v) is 3.73. The summed E-state index contributed by atoms with van der Waals surface area (Å²) in [5.74, 6) is 0.201. The number of halogens is 1. The third kappa shape index (κ3) is 3.82. The van der Waals surface area contributed by atoms with Crippen molar-refractivity contribution in [1.29, 1.82) is 0 Å². The fourth-order valence-electron chi connectivity index (χ4n) is 2.13. The van der Waals surface area contributed by atoms with Crippen molar-refractivity contribution in [2.45, 2.75) is 19.4 Å². The molecule has 0 radical (unpaired) electrons. The van der Waals surface area contributed by atoms with Crippen LogP contribution in [0.3, 0.4) is 0 Å². The number of carbonyl (C=O) groups excluding carboxylic acids is 1. The maximum Gasteiger partial charge on any atom is 0.246 e. The van der Waals surface area contributed by atoms with Gasteiger partial charge in [-0.05, 0) is 36.1 Å². The minimum absolute atomic E-state index is 0.0640. The van der Waals surface area contributed by atoms with Crippen LogP contribution in [0.25, 0.3) is 6.08 Å². The summed E-state index contributed by atoms with van der Waals surface area (Å²) in [5.41, 5.74) is 0.895. The number of aliphatic hydroxyl groups is 1. The minimum atomic E-state index is -0.419. The molecule has 1 heterocycles. The monoisotopic (exact) mass is 279 g/mol. The first-order valence-corrected chi connectivity index (χ1v) is 6.84. The van der Waals surface area contributed by atoms with Gasteiger partial charge in [-0.25, -0.2) is 0 Å². The molecule has 1 amide bonds. The molecule has 102 valence electrons. The van der Waals surface area contributed by atoms with E-state index < -0.39 is 6.10 Å². The number of likely N-dealkylation sites (tertiary alicyclic amines) is 1. The molecule has 1 N–H and O–H groups in total. The fraction of sp³-hybridized carbons (Fsp3) is 0.400. The number of benzene rings is 1. The molecular weight excluding hydrogens is 262 g/mol. The molecule has 0 bridgehead atoms. The molecule has 0 aromatic heterocycles. The van der Waals surface area contributed by atoms with Gasteiger partial charge in [0.2, 0.25) is 5.91 Å². The van der Waals surface area contributed by atoms with Gasteiger partial charge in [-0.2, -0.15) is 0 Å². The van der Waals surface area contributed by atoms with E-state index in [0.717, 1.165) is 12.0 Å². The van der Waals surface area contributed by atoms with E-state index in [1.807, 2.05) is 19.1 Å². The smallest absolute Gasteiger partial charge is 0.246 e. The van der Waals surface area contributed by atoms with Gasteiger partial charge in [0.1, 0.15) is 0 Å². The number of β-amino-alcohol motifs (C(OH)–C–C–N with tert-alkyl or cyclic N) is 1. The summed E-state index contributed by atoms with van der Waals surface area (Å²) in [6, 6.07) is 7.34. The molecule has 4 heteroatoms. The predicted molar refractivity (Wildman–Crippen MR) is 76.9 cm³/mol. The quantitative estimate of drug-likeness (QED) is 0.846. The minimum Gasteiger partial charge on any atom is -0.391 e. The van der Waals surface area contributed by atoms with E-state index in [1.165, 1.54) is 6.08 Å². The molecule has 0 saturated carbocycles. The molecule has 1 saturated heterocycles. The Morgan fingerprint density at radius 3 is 3.00 bits per heavy atom. The second-order valence-electron chi connectivity index (χ2n) is 5.01. The summed E-state index contributed by atoms with van der Waals surface area (Å²) in [7, 11) is 0. The van der Waals surface area contributed by atoms with Gasteiger partial charge in [-0.1, -0.05) is 30.7 Å². The van der Waals surface area contributed by atoms with Gasteiger partial charge in [0.15, 0.2) is 0 Å². The van der Waals surface area contributed by atoms with Crippen LogP contribution in [0.1, 0.15) is 18.9 Å². The Labute approximate surface area is 118 Å². The molecule has 0 spiro atoms. The zero-order valence-corrected chi connectivity index (χ0v) is 11.7. The lowest BCUT2D eigenvalue weighted by atomic mass is 9.96. The van der Waals surface area contributed by atoms with Crippen LogP contribution < -0.4 is 0 Å². The molecule has 1 aromatic carbocycles. The first-order valence-electron chi connectivity index (χ1n) is 6.47. The van der Waals surface area contributed by atoms with Crippen molar-refractivity contribution in [2.24, 2.45) is 5.92 Å². The number of piperidine rings is 1. The lowest BCUT2D eigenvalue weighted by Crippen LogP contribution is -2.45. The van der Waals surface area contributed by atoms with Crippen LogP contribution >= 0.6 is 11.6 Å². The Kier molecular flexibility index (Phi) is 4.61. The number of rotatable bonds is 2. The molecule has 2 rings (SSSR count). The van der Waals surface area contributed by atoms with Crippen LogP contribution in [0.4, 0.5) is 0 Å². The Morgan fingerprint density at radius 1 is 1.53 bits per heavy atom. The summed E-state index contributed by atoms with van der Waals surface area (Å²) in [5, 5.41) is 10.4. The fourth-order valence-corrected chi connectivity index (χ4v) is 2.33. The highest BCUT2D eigenvalue weighted by molar-refractivity contribution is 6.30. The number of hydrogen-bond acceptors (Lipinski definition) is 2. The molecule has 1 aliphatic heterocycles. The Morgan fingerprint density at radius 2 is 2.32 bits per heavy atom. The summed E-state index contributed by atoms with van der Waals surface area (Å²) < 4.78 is 0. The van der Waals surface area contributed by atoms with Crippen LogP contribution in [0.5, 0.6) is 0 Å². The van der Waals surface area contributed by atoms with Crippen molar-refractivity contribution >= 4 is 23.6 Å². The molecule has 1 fully saturated rings. The Hall–Kier alpha value is -1.32. The van der Waals surface area contributed by atoms with Gasteiger partial charge in [-0.15, -0.1) is 0 Å². The molecule has 3 nitrogen and oxygen atoms in total. The van der Waals surface area contributed by atoms with Crippen LogP contribution in [0.2, 0.25) is 5.02 Å². The van der Waals surface area contributed by atoms with E-state index in [9.17, 15) is 9.90 Å². The molecular formula is C15H18ClNO2. The maximum absolute atomic E-state index is 12.0. The van der Waals surface area contributed by atoms with Gasteiger partial charge < -0.3 is 10.0 Å². The number of amides is 1. The standard InChI is InChI=1S/C15H18ClNO2/c1-11-7-8-17(10-14(11)18)15(19)6-5-12-3-2-4-13(16)9-12/h2-6,9,11,14,18H,7-8,10H2,1H3/b6-5+. The van der Waals surface area contributed by atoms with Gasteiger partial charge in [0.25, 0.3) is 0 Å². The van der Waals surface area contributed by atoms with Crippen LogP contribution in [-0.2, 0) is 4.79 Å². The normalized spacial score (nSPS) is 23.8. The molecule has 2 atom stereocenters. The highest BCUT2D eigenvalue weighted by atomic mass is 35.5. The van der Waals surface area contributed by atoms with E-state index in [-0.39, 0.29) is 11.8 Å². The summed E-state index contributed by atoms with van der Waals surface area (Å²) >= 11 is 5.88. The van der Waals surface area contributed by atoms with Crippen LogP contribution in [0.15, 0.2) is 30.3 Å². The van der Waals surface area contributed by atoms with Crippen molar-refractivity contribution < 1.29 is 9.90 Å². The second-order valence-corrected chi connectivity index (χ2v) is 5.44. The predicted octanol–water partition coefficient (Wildman–Crippen LogP) is 2.58. The van der Waals surface area contributed by atoms with E-state index in [4.69, 9.17) is 11.6 Å².